The highest BCUT2D eigenvalue weighted by Crippen LogP contribution is 2.66. The third kappa shape index (κ3) is 6.91. The summed E-state index contributed by atoms with van der Waals surface area (Å²) in [5.74, 6) is -0.490. The summed E-state index contributed by atoms with van der Waals surface area (Å²) >= 11 is 0. The number of pyridine rings is 2. The molecule has 0 saturated heterocycles. The van der Waals surface area contributed by atoms with E-state index in [0.717, 1.165) is 38.6 Å². The van der Waals surface area contributed by atoms with Gasteiger partial charge in [0.15, 0.2) is 0 Å². The van der Waals surface area contributed by atoms with Crippen LogP contribution in [0.25, 0.3) is 103 Å². The zero-order valence-electron chi connectivity index (χ0n) is 43.3. The topological polar surface area (TPSA) is 25.8 Å². The Balaban J connectivity index is 1.23. The molecule has 0 fully saturated rings. The van der Waals surface area contributed by atoms with Crippen molar-refractivity contribution in [3.63, 3.8) is 0 Å². The summed E-state index contributed by atoms with van der Waals surface area (Å²) in [6, 6.07) is 104. The van der Waals surface area contributed by atoms with E-state index in [1.165, 1.54) is 109 Å². The second-order valence-electron chi connectivity index (χ2n) is 21.4. The predicted octanol–water partition coefficient (Wildman–Crippen LogP) is 19.5. The van der Waals surface area contributed by atoms with Gasteiger partial charge in [0, 0.05) is 22.9 Å². The first kappa shape index (κ1) is 45.2. The van der Waals surface area contributed by atoms with Gasteiger partial charge in [0.2, 0.25) is 0 Å². The van der Waals surface area contributed by atoms with Gasteiger partial charge in [0.05, 0.1) is 22.3 Å². The van der Waals surface area contributed by atoms with Crippen LogP contribution in [0.1, 0.15) is 45.1 Å². The number of allylic oxidation sites excluding steroid dienone is 4. The maximum Gasteiger partial charge on any atom is 0.0763 e. The number of para-hydroxylation sites is 1. The molecule has 1 aliphatic carbocycles. The molecule has 0 amide bonds. The molecule has 16 rings (SSSR count). The van der Waals surface area contributed by atoms with Gasteiger partial charge in [-0.25, -0.2) is 0 Å². The molecular formula is C77H50N2. The quantitative estimate of drug-likeness (QED) is 0.142. The minimum Gasteiger partial charge on any atom is -0.259 e. The number of rotatable bonds is 8. The van der Waals surface area contributed by atoms with Gasteiger partial charge >= 0.3 is 0 Å². The average Bonchev–Trinajstić information content (AvgIpc) is 3.69. The lowest BCUT2D eigenvalue weighted by molar-refractivity contribution is 0.572. The minimum absolute atomic E-state index is 0.490. The zero-order valence-corrected chi connectivity index (χ0v) is 43.3. The van der Waals surface area contributed by atoms with E-state index >= 15 is 0 Å². The Morgan fingerprint density at radius 1 is 0.342 bits per heavy atom. The van der Waals surface area contributed by atoms with Crippen LogP contribution >= 0.6 is 0 Å². The summed E-state index contributed by atoms with van der Waals surface area (Å²) in [7, 11) is 0. The molecule has 2 aromatic heterocycles. The summed E-state index contributed by atoms with van der Waals surface area (Å²) in [6.07, 6.45) is 2.68. The van der Waals surface area contributed by atoms with Gasteiger partial charge in [-0.3, -0.25) is 9.97 Å². The summed E-state index contributed by atoms with van der Waals surface area (Å²) in [6.45, 7) is 0. The third-order valence-corrected chi connectivity index (χ3v) is 17.3. The van der Waals surface area contributed by atoms with Gasteiger partial charge in [0.1, 0.15) is 0 Å². The van der Waals surface area contributed by atoms with Crippen LogP contribution in [0.15, 0.2) is 291 Å². The van der Waals surface area contributed by atoms with E-state index in [-0.39, 0.29) is 0 Å². The Bertz CT molecular complexity index is 4970. The molecule has 15 aromatic rings. The van der Waals surface area contributed by atoms with Gasteiger partial charge in [-0.1, -0.05) is 261 Å². The largest absolute Gasteiger partial charge is 0.259 e. The van der Waals surface area contributed by atoms with Crippen LogP contribution in [0.4, 0.5) is 0 Å². The molecule has 368 valence electrons. The fourth-order valence-corrected chi connectivity index (χ4v) is 14.1. The summed E-state index contributed by atoms with van der Waals surface area (Å²) in [5, 5.41) is 18.0. The Morgan fingerprint density at radius 3 is 1.70 bits per heavy atom. The van der Waals surface area contributed by atoms with Gasteiger partial charge in [-0.2, -0.15) is 0 Å². The van der Waals surface area contributed by atoms with Crippen LogP contribution in [0.5, 0.6) is 0 Å². The summed E-state index contributed by atoms with van der Waals surface area (Å²) in [5.41, 5.74) is 12.7. The number of aromatic nitrogens is 2. The van der Waals surface area contributed by atoms with Crippen molar-refractivity contribution in [3.05, 3.63) is 330 Å². The number of hydrogen-bond acceptors (Lipinski definition) is 2. The second kappa shape index (κ2) is 18.1. The maximum atomic E-state index is 6.01. The predicted molar refractivity (Wildman–Crippen MR) is 333 cm³/mol. The fourth-order valence-electron chi connectivity index (χ4n) is 14.1. The highest BCUT2D eigenvalue weighted by molar-refractivity contribution is 6.27. The molecule has 0 radical (unpaired) electrons. The van der Waals surface area contributed by atoms with Crippen molar-refractivity contribution in [3.8, 4) is 0 Å². The molecule has 13 aromatic carbocycles. The fraction of sp³-hybridized carbons (Fsp3) is 0.0390. The lowest BCUT2D eigenvalue weighted by Crippen LogP contribution is -2.42. The van der Waals surface area contributed by atoms with E-state index in [0.29, 0.717) is 6.42 Å². The lowest BCUT2D eigenvalue weighted by Gasteiger charge is -2.50. The van der Waals surface area contributed by atoms with E-state index in [4.69, 9.17) is 9.97 Å². The molecule has 2 heteroatoms. The molecule has 0 bridgehead atoms. The Morgan fingerprint density at radius 2 is 0.886 bits per heavy atom. The first-order valence-corrected chi connectivity index (χ1v) is 27.5. The van der Waals surface area contributed by atoms with E-state index in [9.17, 15) is 0 Å². The van der Waals surface area contributed by atoms with Crippen LogP contribution in [0.3, 0.4) is 0 Å². The number of hydrogen-bond donors (Lipinski definition) is 0. The van der Waals surface area contributed by atoms with Crippen LogP contribution in [0.2, 0.25) is 0 Å². The SMILES string of the molecule is c1ccc(CC2=C(c3cccc4ccccc34)C(c3ccccc3)(c3nccc4ccccc34)C(c3ccc4ccccc4n3)C(c3ccc4ccc5cccc6ccc3c4c56)=C2c2cccc3c2ccc2ccccc23)cc1. The Labute approximate surface area is 458 Å². The van der Waals surface area contributed by atoms with Crippen molar-refractivity contribution in [1.82, 2.24) is 9.97 Å². The molecule has 0 aliphatic heterocycles. The van der Waals surface area contributed by atoms with Gasteiger partial charge in [0.25, 0.3) is 0 Å². The molecular weight excluding hydrogens is 953 g/mol. The standard InChI is InChI=1S/C77H50N2/c1-3-18-49(19-4-1)48-67-72(63-33-17-32-61-58-29-11-8-21-51(58)38-42-62(61)63)73(65-44-40-56-37-36-54-25-15-26-55-39-43-64(65)71(56)70(54)55)75(69-45-41-53-23-10-14-35-68(53)79-69)77(57-27-5-2-6-28-57,76-60-31-13-9-22-52(60)46-47-78-76)74(67)66-34-16-24-50-20-7-12-30-59(50)66/h1-47,75H,48H2. The molecule has 2 nitrogen and oxygen atoms in total. The van der Waals surface area contributed by atoms with Crippen LogP contribution in [-0.4, -0.2) is 9.97 Å². The van der Waals surface area contributed by atoms with Crippen LogP contribution in [-0.2, 0) is 11.8 Å². The first-order valence-electron chi connectivity index (χ1n) is 27.5. The normalized spacial score (nSPS) is 16.0. The Hall–Kier alpha value is -10.0. The van der Waals surface area contributed by atoms with Gasteiger partial charge in [-0.05, 0) is 145 Å². The van der Waals surface area contributed by atoms with Crippen molar-refractivity contribution >= 4 is 103 Å². The molecule has 79 heavy (non-hydrogen) atoms. The second-order valence-corrected chi connectivity index (χ2v) is 21.4. The number of nitrogens with zero attached hydrogens (tertiary/aromatic N) is 2. The summed E-state index contributed by atoms with van der Waals surface area (Å²) < 4.78 is 0. The van der Waals surface area contributed by atoms with E-state index in [2.05, 4.69) is 285 Å². The van der Waals surface area contributed by atoms with Crippen molar-refractivity contribution in [2.24, 2.45) is 0 Å². The maximum absolute atomic E-state index is 6.01. The van der Waals surface area contributed by atoms with Crippen molar-refractivity contribution < 1.29 is 0 Å². The minimum atomic E-state index is -1.05. The van der Waals surface area contributed by atoms with Crippen LogP contribution < -0.4 is 0 Å². The molecule has 0 N–H and O–H groups in total. The van der Waals surface area contributed by atoms with E-state index < -0.39 is 11.3 Å². The zero-order chi connectivity index (χ0) is 52.0. The van der Waals surface area contributed by atoms with Crippen molar-refractivity contribution in [2.75, 3.05) is 0 Å². The van der Waals surface area contributed by atoms with Gasteiger partial charge < -0.3 is 0 Å². The van der Waals surface area contributed by atoms with Gasteiger partial charge in [-0.15, -0.1) is 0 Å². The molecule has 0 spiro atoms. The average molecular weight is 1000 g/mol. The molecule has 0 saturated carbocycles. The van der Waals surface area contributed by atoms with Crippen molar-refractivity contribution in [2.45, 2.75) is 17.8 Å². The third-order valence-electron chi connectivity index (χ3n) is 17.3. The highest BCUT2D eigenvalue weighted by atomic mass is 14.8. The Kier molecular flexibility index (Phi) is 10.3. The van der Waals surface area contributed by atoms with E-state index in [1.807, 2.05) is 0 Å². The highest BCUT2D eigenvalue weighted by Gasteiger charge is 2.56. The smallest absolute Gasteiger partial charge is 0.0763 e. The lowest BCUT2D eigenvalue weighted by atomic mass is 9.51. The molecule has 2 atom stereocenters. The molecule has 2 unspecified atom stereocenters. The first-order chi connectivity index (χ1) is 39.2. The van der Waals surface area contributed by atoms with E-state index in [1.54, 1.807) is 0 Å². The monoisotopic (exact) mass is 1000 g/mol. The summed E-state index contributed by atoms with van der Waals surface area (Å²) in [4.78, 5) is 11.9. The van der Waals surface area contributed by atoms with Crippen molar-refractivity contribution in [1.29, 1.82) is 0 Å². The number of benzene rings is 13. The number of fused-ring (bicyclic) bond motifs is 6. The van der Waals surface area contributed by atoms with Crippen LogP contribution in [0, 0.1) is 0 Å². The molecule has 2 heterocycles. The molecule has 1 aliphatic rings.